The van der Waals surface area contributed by atoms with Crippen LogP contribution < -0.4 is 5.32 Å². The molecule has 134 valence electrons. The fraction of sp³-hybridized carbons (Fsp3) is 0.625. The predicted octanol–water partition coefficient (Wildman–Crippen LogP) is 2.82. The standard InChI is InChI=1S/C16H21F3N2O3/c1-4-12-9(2)7-13(24-12)15(23)21-8-11(20-10(3)22)5-6-14(21)16(17,18)19/h7,11,14H,4-6,8H2,1-3H3,(H,20,22)/t11-,14-/m0/s1. The van der Waals surface area contributed by atoms with Gasteiger partial charge in [-0.1, -0.05) is 6.92 Å². The van der Waals surface area contributed by atoms with Gasteiger partial charge in [-0.2, -0.15) is 13.2 Å². The van der Waals surface area contributed by atoms with Gasteiger partial charge in [0.25, 0.3) is 5.91 Å². The number of furan rings is 1. The van der Waals surface area contributed by atoms with Crippen molar-refractivity contribution in [2.75, 3.05) is 6.54 Å². The minimum atomic E-state index is -4.52. The van der Waals surface area contributed by atoms with E-state index in [1.54, 1.807) is 6.92 Å². The Labute approximate surface area is 138 Å². The molecule has 2 rings (SSSR count). The highest BCUT2D eigenvalue weighted by atomic mass is 19.4. The van der Waals surface area contributed by atoms with Gasteiger partial charge in [-0.05, 0) is 31.4 Å². The molecule has 24 heavy (non-hydrogen) atoms. The van der Waals surface area contributed by atoms with E-state index >= 15 is 0 Å². The molecule has 1 aromatic rings. The monoisotopic (exact) mass is 346 g/mol. The van der Waals surface area contributed by atoms with E-state index in [0.29, 0.717) is 12.2 Å². The van der Waals surface area contributed by atoms with Gasteiger partial charge in [0.1, 0.15) is 11.8 Å². The molecule has 1 N–H and O–H groups in total. The average molecular weight is 346 g/mol. The third-order valence-corrected chi connectivity index (χ3v) is 4.18. The van der Waals surface area contributed by atoms with E-state index < -0.39 is 24.2 Å². The number of carbonyl (C=O) groups excluding carboxylic acids is 2. The smallest absolute Gasteiger partial charge is 0.408 e. The Kier molecular flexibility index (Phi) is 5.25. The topological polar surface area (TPSA) is 62.6 Å². The van der Waals surface area contributed by atoms with Crippen molar-refractivity contribution in [1.29, 1.82) is 0 Å². The van der Waals surface area contributed by atoms with E-state index in [9.17, 15) is 22.8 Å². The molecule has 0 saturated carbocycles. The molecule has 1 fully saturated rings. The molecule has 1 aliphatic heterocycles. The maximum Gasteiger partial charge on any atom is 0.408 e. The Morgan fingerprint density at radius 2 is 2.04 bits per heavy atom. The van der Waals surface area contributed by atoms with Crippen molar-refractivity contribution in [2.24, 2.45) is 0 Å². The quantitative estimate of drug-likeness (QED) is 0.915. The van der Waals surface area contributed by atoms with Crippen LogP contribution in [-0.4, -0.2) is 41.5 Å². The summed E-state index contributed by atoms with van der Waals surface area (Å²) in [6.07, 6.45) is -4.05. The van der Waals surface area contributed by atoms with Crippen LogP contribution in [0.15, 0.2) is 10.5 Å². The maximum absolute atomic E-state index is 13.3. The summed E-state index contributed by atoms with van der Waals surface area (Å²) < 4.78 is 45.3. The largest absolute Gasteiger partial charge is 0.456 e. The van der Waals surface area contributed by atoms with E-state index in [2.05, 4.69) is 5.32 Å². The van der Waals surface area contributed by atoms with Crippen molar-refractivity contribution in [3.8, 4) is 0 Å². The number of hydrogen-bond donors (Lipinski definition) is 1. The zero-order valence-corrected chi connectivity index (χ0v) is 13.9. The van der Waals surface area contributed by atoms with Gasteiger partial charge in [0.2, 0.25) is 5.91 Å². The number of nitrogens with zero attached hydrogens (tertiary/aromatic N) is 1. The van der Waals surface area contributed by atoms with Crippen LogP contribution in [0.5, 0.6) is 0 Å². The second-order valence-corrected chi connectivity index (χ2v) is 6.06. The molecule has 5 nitrogen and oxygen atoms in total. The molecule has 2 amide bonds. The first kappa shape index (κ1) is 18.4. The number of hydrogen-bond acceptors (Lipinski definition) is 3. The highest BCUT2D eigenvalue weighted by Gasteiger charge is 2.48. The first-order valence-electron chi connectivity index (χ1n) is 7.87. The molecule has 1 aromatic heterocycles. The number of nitrogens with one attached hydrogen (secondary N) is 1. The zero-order valence-electron chi connectivity index (χ0n) is 13.9. The molecule has 2 atom stereocenters. The highest BCUT2D eigenvalue weighted by Crippen LogP contribution is 2.33. The Bertz CT molecular complexity index is 625. The minimum Gasteiger partial charge on any atom is -0.456 e. The first-order chi connectivity index (χ1) is 11.1. The fourth-order valence-electron chi connectivity index (χ4n) is 3.06. The van der Waals surface area contributed by atoms with Crippen LogP contribution in [0.4, 0.5) is 13.2 Å². The molecule has 0 bridgehead atoms. The molecular weight excluding hydrogens is 325 g/mol. The first-order valence-corrected chi connectivity index (χ1v) is 7.87. The van der Waals surface area contributed by atoms with Crippen LogP contribution >= 0.6 is 0 Å². The summed E-state index contributed by atoms with van der Waals surface area (Å²) in [6, 6.07) is -0.895. The molecular formula is C16H21F3N2O3. The Balaban J connectivity index is 2.28. The van der Waals surface area contributed by atoms with Gasteiger partial charge in [-0.25, -0.2) is 0 Å². The molecule has 0 spiro atoms. The number of rotatable bonds is 3. The lowest BCUT2D eigenvalue weighted by Crippen LogP contribution is -2.58. The molecule has 0 unspecified atom stereocenters. The van der Waals surface area contributed by atoms with Crippen molar-refractivity contribution in [1.82, 2.24) is 10.2 Å². The molecule has 0 radical (unpaired) electrons. The Morgan fingerprint density at radius 3 is 2.54 bits per heavy atom. The van der Waals surface area contributed by atoms with Crippen LogP contribution in [0.2, 0.25) is 0 Å². The van der Waals surface area contributed by atoms with E-state index in [1.807, 2.05) is 6.92 Å². The molecule has 1 saturated heterocycles. The number of alkyl halides is 3. The average Bonchev–Trinajstić information content (AvgIpc) is 2.85. The third-order valence-electron chi connectivity index (χ3n) is 4.18. The molecule has 8 heteroatoms. The maximum atomic E-state index is 13.3. The van der Waals surface area contributed by atoms with Gasteiger partial charge in [0, 0.05) is 25.9 Å². The number of halogens is 3. The molecule has 0 aromatic carbocycles. The SMILES string of the molecule is CCc1oc(C(=O)N2C[C@@H](NC(C)=O)CC[C@H]2C(F)(F)F)cc1C. The number of likely N-dealkylation sites (tertiary alicyclic amines) is 1. The van der Waals surface area contributed by atoms with Gasteiger partial charge in [-0.15, -0.1) is 0 Å². The Morgan fingerprint density at radius 1 is 1.38 bits per heavy atom. The number of amides is 2. The van der Waals surface area contributed by atoms with E-state index in [1.165, 1.54) is 13.0 Å². The lowest BCUT2D eigenvalue weighted by atomic mass is 9.97. The minimum absolute atomic E-state index is 0.0953. The van der Waals surface area contributed by atoms with Crippen LogP contribution in [0.25, 0.3) is 0 Å². The van der Waals surface area contributed by atoms with Crippen molar-refractivity contribution in [2.45, 2.75) is 58.3 Å². The summed E-state index contributed by atoms with van der Waals surface area (Å²) in [5.74, 6) is -0.644. The van der Waals surface area contributed by atoms with E-state index in [4.69, 9.17) is 4.42 Å². The second-order valence-electron chi connectivity index (χ2n) is 6.06. The normalized spacial score (nSPS) is 21.7. The summed E-state index contributed by atoms with van der Waals surface area (Å²) in [6.45, 7) is 4.69. The molecule has 1 aliphatic rings. The van der Waals surface area contributed by atoms with Crippen LogP contribution in [0, 0.1) is 6.92 Å². The van der Waals surface area contributed by atoms with Gasteiger partial charge in [0.05, 0.1) is 0 Å². The summed E-state index contributed by atoms with van der Waals surface area (Å²) in [7, 11) is 0. The van der Waals surface area contributed by atoms with Gasteiger partial charge in [-0.3, -0.25) is 9.59 Å². The van der Waals surface area contributed by atoms with Crippen molar-refractivity contribution in [3.63, 3.8) is 0 Å². The van der Waals surface area contributed by atoms with Crippen LogP contribution in [0.1, 0.15) is 48.6 Å². The van der Waals surface area contributed by atoms with Crippen LogP contribution in [0.3, 0.4) is 0 Å². The number of piperidine rings is 1. The van der Waals surface area contributed by atoms with Gasteiger partial charge >= 0.3 is 6.18 Å². The lowest BCUT2D eigenvalue weighted by molar-refractivity contribution is -0.184. The zero-order chi connectivity index (χ0) is 18.1. The van der Waals surface area contributed by atoms with Crippen molar-refractivity contribution >= 4 is 11.8 Å². The third kappa shape index (κ3) is 3.91. The van der Waals surface area contributed by atoms with Gasteiger partial charge < -0.3 is 14.6 Å². The van der Waals surface area contributed by atoms with Gasteiger partial charge in [0.15, 0.2) is 5.76 Å². The van der Waals surface area contributed by atoms with Crippen molar-refractivity contribution < 1.29 is 27.2 Å². The van der Waals surface area contributed by atoms with E-state index in [-0.39, 0.29) is 31.1 Å². The second kappa shape index (κ2) is 6.86. The summed E-state index contributed by atoms with van der Waals surface area (Å²) >= 11 is 0. The lowest BCUT2D eigenvalue weighted by Gasteiger charge is -2.40. The fourth-order valence-corrected chi connectivity index (χ4v) is 3.06. The van der Waals surface area contributed by atoms with Crippen LogP contribution in [-0.2, 0) is 11.2 Å². The highest BCUT2D eigenvalue weighted by molar-refractivity contribution is 5.92. The summed E-state index contributed by atoms with van der Waals surface area (Å²) in [5, 5.41) is 2.59. The van der Waals surface area contributed by atoms with E-state index in [0.717, 1.165) is 10.5 Å². The summed E-state index contributed by atoms with van der Waals surface area (Å²) in [4.78, 5) is 24.5. The summed E-state index contributed by atoms with van der Waals surface area (Å²) in [5.41, 5.74) is 0.736. The molecule has 2 heterocycles. The molecule has 0 aliphatic carbocycles. The Hall–Kier alpha value is -1.99. The number of carbonyl (C=O) groups is 2. The predicted molar refractivity (Wildman–Crippen MR) is 80.5 cm³/mol. The van der Waals surface area contributed by atoms with Crippen molar-refractivity contribution in [3.05, 3.63) is 23.2 Å². The number of aryl methyl sites for hydroxylation is 2.